The van der Waals surface area contributed by atoms with E-state index in [0.29, 0.717) is 6.04 Å². The molecule has 1 aliphatic carbocycles. The van der Waals surface area contributed by atoms with Gasteiger partial charge < -0.3 is 10.1 Å². The third-order valence-electron chi connectivity index (χ3n) is 3.25. The molecule has 4 unspecified atom stereocenters. The van der Waals surface area contributed by atoms with Crippen LogP contribution in [-0.2, 0) is 9.53 Å². The number of ether oxygens (including phenoxy) is 1. The standard InChI is InChI=1S/C11H21NO2/c1-5-9-6-10(9)12-8(3)7(2)11(13)14-4/h7-10,12H,5-6H2,1-4H3. The van der Waals surface area contributed by atoms with E-state index in [4.69, 9.17) is 4.74 Å². The quantitative estimate of drug-likeness (QED) is 0.683. The first kappa shape index (κ1) is 11.5. The third-order valence-corrected chi connectivity index (χ3v) is 3.25. The Labute approximate surface area is 86.2 Å². The molecule has 1 saturated carbocycles. The van der Waals surface area contributed by atoms with Crippen LogP contribution in [-0.4, -0.2) is 25.2 Å². The molecule has 0 saturated heterocycles. The molecule has 14 heavy (non-hydrogen) atoms. The molecule has 3 heteroatoms. The van der Waals surface area contributed by atoms with Crippen molar-refractivity contribution in [1.82, 2.24) is 5.32 Å². The van der Waals surface area contributed by atoms with Crippen LogP contribution in [0.5, 0.6) is 0 Å². The minimum absolute atomic E-state index is 0.0573. The normalized spacial score (nSPS) is 29.4. The SMILES string of the molecule is CCC1CC1NC(C)C(C)C(=O)OC. The largest absolute Gasteiger partial charge is 0.469 e. The average molecular weight is 199 g/mol. The molecule has 1 N–H and O–H groups in total. The number of nitrogens with one attached hydrogen (secondary N) is 1. The van der Waals surface area contributed by atoms with Crippen molar-refractivity contribution in [2.24, 2.45) is 11.8 Å². The fourth-order valence-electron chi connectivity index (χ4n) is 1.77. The minimum atomic E-state index is -0.126. The van der Waals surface area contributed by atoms with Gasteiger partial charge in [-0.1, -0.05) is 20.3 Å². The lowest BCUT2D eigenvalue weighted by Gasteiger charge is -2.19. The summed E-state index contributed by atoms with van der Waals surface area (Å²) in [5.74, 6) is 0.638. The van der Waals surface area contributed by atoms with Crippen LogP contribution < -0.4 is 5.32 Å². The van der Waals surface area contributed by atoms with Gasteiger partial charge in [-0.25, -0.2) is 0 Å². The van der Waals surface area contributed by atoms with E-state index in [-0.39, 0.29) is 17.9 Å². The summed E-state index contributed by atoms with van der Waals surface area (Å²) in [5, 5.41) is 3.47. The predicted molar refractivity (Wildman–Crippen MR) is 56.0 cm³/mol. The molecule has 0 heterocycles. The first-order chi connectivity index (χ1) is 6.60. The molecule has 1 rings (SSSR count). The molecule has 0 aromatic rings. The fourth-order valence-corrected chi connectivity index (χ4v) is 1.77. The molecule has 0 bridgehead atoms. The van der Waals surface area contributed by atoms with E-state index in [1.165, 1.54) is 20.0 Å². The van der Waals surface area contributed by atoms with Crippen molar-refractivity contribution in [3.63, 3.8) is 0 Å². The summed E-state index contributed by atoms with van der Waals surface area (Å²) in [6.45, 7) is 6.17. The highest BCUT2D eigenvalue weighted by atomic mass is 16.5. The van der Waals surface area contributed by atoms with Gasteiger partial charge in [0.05, 0.1) is 13.0 Å². The molecule has 0 spiro atoms. The lowest BCUT2D eigenvalue weighted by Crippen LogP contribution is -2.38. The van der Waals surface area contributed by atoms with Gasteiger partial charge in [-0.2, -0.15) is 0 Å². The van der Waals surface area contributed by atoms with Gasteiger partial charge in [-0.3, -0.25) is 4.79 Å². The topological polar surface area (TPSA) is 38.3 Å². The number of hydrogen-bond acceptors (Lipinski definition) is 3. The summed E-state index contributed by atoms with van der Waals surface area (Å²) >= 11 is 0. The smallest absolute Gasteiger partial charge is 0.309 e. The van der Waals surface area contributed by atoms with Crippen molar-refractivity contribution < 1.29 is 9.53 Å². The average Bonchev–Trinajstić information content (AvgIpc) is 2.93. The van der Waals surface area contributed by atoms with E-state index in [1.54, 1.807) is 0 Å². The van der Waals surface area contributed by atoms with Crippen molar-refractivity contribution in [1.29, 1.82) is 0 Å². The molecule has 0 aromatic carbocycles. The second-order valence-corrected chi connectivity index (χ2v) is 4.28. The summed E-state index contributed by atoms with van der Waals surface area (Å²) in [5.41, 5.74) is 0. The van der Waals surface area contributed by atoms with Crippen LogP contribution >= 0.6 is 0 Å². The van der Waals surface area contributed by atoms with Crippen LogP contribution in [0.3, 0.4) is 0 Å². The Kier molecular flexibility index (Phi) is 3.93. The number of rotatable bonds is 5. The highest BCUT2D eigenvalue weighted by Crippen LogP contribution is 2.33. The monoisotopic (exact) mass is 199 g/mol. The lowest BCUT2D eigenvalue weighted by atomic mass is 10.0. The zero-order chi connectivity index (χ0) is 10.7. The summed E-state index contributed by atoms with van der Waals surface area (Å²) in [6.07, 6.45) is 2.49. The van der Waals surface area contributed by atoms with Crippen molar-refractivity contribution in [2.45, 2.75) is 45.7 Å². The summed E-state index contributed by atoms with van der Waals surface area (Å²) < 4.78 is 4.71. The van der Waals surface area contributed by atoms with Crippen molar-refractivity contribution >= 4 is 5.97 Å². The fraction of sp³-hybridized carbons (Fsp3) is 0.909. The molecule has 0 radical (unpaired) electrons. The maximum absolute atomic E-state index is 11.2. The Morgan fingerprint density at radius 3 is 2.64 bits per heavy atom. The van der Waals surface area contributed by atoms with Crippen LogP contribution in [0.1, 0.15) is 33.6 Å². The van der Waals surface area contributed by atoms with Crippen LogP contribution in [0.2, 0.25) is 0 Å². The molecular weight excluding hydrogens is 178 g/mol. The predicted octanol–water partition coefficient (Wildman–Crippen LogP) is 1.57. The van der Waals surface area contributed by atoms with E-state index in [9.17, 15) is 4.79 Å². The van der Waals surface area contributed by atoms with Gasteiger partial charge in [0.1, 0.15) is 0 Å². The van der Waals surface area contributed by atoms with Gasteiger partial charge in [-0.05, 0) is 19.3 Å². The van der Waals surface area contributed by atoms with Gasteiger partial charge in [0.15, 0.2) is 0 Å². The Morgan fingerprint density at radius 1 is 1.57 bits per heavy atom. The number of methoxy groups -OCH3 is 1. The van der Waals surface area contributed by atoms with Gasteiger partial charge in [0, 0.05) is 12.1 Å². The van der Waals surface area contributed by atoms with Gasteiger partial charge in [-0.15, -0.1) is 0 Å². The first-order valence-electron chi connectivity index (χ1n) is 5.44. The summed E-state index contributed by atoms with van der Waals surface area (Å²) in [7, 11) is 1.44. The van der Waals surface area contributed by atoms with Crippen LogP contribution in [0.15, 0.2) is 0 Å². The number of hydrogen-bond donors (Lipinski definition) is 1. The van der Waals surface area contributed by atoms with E-state index < -0.39 is 0 Å². The van der Waals surface area contributed by atoms with Crippen molar-refractivity contribution in [3.05, 3.63) is 0 Å². The maximum atomic E-state index is 11.2. The Bertz CT molecular complexity index is 205. The Balaban J connectivity index is 2.28. The zero-order valence-electron chi connectivity index (χ0n) is 9.54. The Morgan fingerprint density at radius 2 is 2.21 bits per heavy atom. The summed E-state index contributed by atoms with van der Waals surface area (Å²) in [4.78, 5) is 11.2. The molecule has 4 atom stereocenters. The van der Waals surface area contributed by atoms with Crippen LogP contribution in [0.4, 0.5) is 0 Å². The number of carbonyl (C=O) groups excluding carboxylic acids is 1. The van der Waals surface area contributed by atoms with Crippen LogP contribution in [0.25, 0.3) is 0 Å². The van der Waals surface area contributed by atoms with E-state index in [1.807, 2.05) is 13.8 Å². The molecule has 0 amide bonds. The molecule has 3 nitrogen and oxygen atoms in total. The second kappa shape index (κ2) is 4.78. The Hall–Kier alpha value is -0.570. The highest BCUT2D eigenvalue weighted by Gasteiger charge is 2.37. The van der Waals surface area contributed by atoms with E-state index in [2.05, 4.69) is 12.2 Å². The molecule has 0 aromatic heterocycles. The maximum Gasteiger partial charge on any atom is 0.309 e. The molecule has 1 aliphatic rings. The molecule has 1 fully saturated rings. The van der Waals surface area contributed by atoms with Gasteiger partial charge in [0.2, 0.25) is 0 Å². The van der Waals surface area contributed by atoms with Crippen LogP contribution in [0, 0.1) is 11.8 Å². The number of esters is 1. The van der Waals surface area contributed by atoms with Gasteiger partial charge >= 0.3 is 5.97 Å². The van der Waals surface area contributed by atoms with E-state index >= 15 is 0 Å². The third kappa shape index (κ3) is 2.71. The first-order valence-corrected chi connectivity index (χ1v) is 5.44. The van der Waals surface area contributed by atoms with E-state index in [0.717, 1.165) is 5.92 Å². The van der Waals surface area contributed by atoms with Gasteiger partial charge in [0.25, 0.3) is 0 Å². The zero-order valence-corrected chi connectivity index (χ0v) is 9.54. The molecule has 82 valence electrons. The number of carbonyl (C=O) groups is 1. The minimum Gasteiger partial charge on any atom is -0.469 e. The molecular formula is C11H21NO2. The summed E-state index contributed by atoms with van der Waals surface area (Å²) in [6, 6.07) is 0.839. The lowest BCUT2D eigenvalue weighted by molar-refractivity contribution is -0.145. The highest BCUT2D eigenvalue weighted by molar-refractivity contribution is 5.72. The second-order valence-electron chi connectivity index (χ2n) is 4.28. The van der Waals surface area contributed by atoms with Crippen molar-refractivity contribution in [3.8, 4) is 0 Å². The molecule has 0 aliphatic heterocycles. The van der Waals surface area contributed by atoms with Crippen molar-refractivity contribution in [2.75, 3.05) is 7.11 Å².